The first kappa shape index (κ1) is 12.1. The number of rotatable bonds is 3. The summed E-state index contributed by atoms with van der Waals surface area (Å²) in [6.07, 6.45) is 0. The minimum atomic E-state index is -3.52. The molecule has 0 aliphatic rings. The molecule has 2 rings (SSSR count). The highest BCUT2D eigenvalue weighted by atomic mass is 35.7. The Hall–Kier alpha value is -1.37. The van der Waals surface area contributed by atoms with Gasteiger partial charge >= 0.3 is 0 Å². The number of benzene rings is 2. The van der Waals surface area contributed by atoms with E-state index in [1.54, 1.807) is 60.7 Å². The average Bonchev–Trinajstić information content (AvgIpc) is 2.40. The molecule has 0 aromatic heterocycles. The molecule has 2 nitrogen and oxygen atoms in total. The fourth-order valence-corrected chi connectivity index (χ4v) is 3.39. The third kappa shape index (κ3) is 2.49. The lowest BCUT2D eigenvalue weighted by Gasteiger charge is -2.09. The average molecular weight is 265 g/mol. The van der Waals surface area contributed by atoms with Crippen molar-refractivity contribution in [1.29, 1.82) is 0 Å². The molecule has 86 valence electrons. The second-order valence-corrected chi connectivity index (χ2v) is 6.95. The maximum atomic E-state index is 12.3. The number of carbonyl (C=O) groups is 1. The predicted molar refractivity (Wildman–Crippen MR) is 70.3 cm³/mol. The molecule has 17 heavy (non-hydrogen) atoms. The second-order valence-electron chi connectivity index (χ2n) is 3.54. The van der Waals surface area contributed by atoms with Gasteiger partial charge in [0.05, 0.1) is 0 Å². The van der Waals surface area contributed by atoms with E-state index in [2.05, 4.69) is 0 Å². The van der Waals surface area contributed by atoms with Crippen LogP contribution in [-0.4, -0.2) is 5.52 Å². The van der Waals surface area contributed by atoms with Crippen molar-refractivity contribution in [2.45, 2.75) is 0 Å². The predicted octanol–water partition coefficient (Wildman–Crippen LogP) is 3.67. The first-order chi connectivity index (χ1) is 8.12. The van der Waals surface area contributed by atoms with Gasteiger partial charge in [-0.1, -0.05) is 48.5 Å². The topological polar surface area (TPSA) is 34.1 Å². The first-order valence-corrected chi connectivity index (χ1v) is 7.69. The molecule has 0 bridgehead atoms. The Balaban J connectivity index is 2.41. The van der Waals surface area contributed by atoms with Gasteiger partial charge in [-0.15, -0.1) is 0 Å². The SMILES string of the molecule is O=C(c1ccccc1)P(=O)(Cl)c1ccccc1. The van der Waals surface area contributed by atoms with Gasteiger partial charge in [0.2, 0.25) is 5.52 Å². The van der Waals surface area contributed by atoms with Crippen LogP contribution in [0.1, 0.15) is 10.4 Å². The molecule has 0 fully saturated rings. The summed E-state index contributed by atoms with van der Waals surface area (Å²) in [4.78, 5) is 12.1. The van der Waals surface area contributed by atoms with Crippen LogP contribution in [0.15, 0.2) is 60.7 Å². The van der Waals surface area contributed by atoms with Crippen LogP contribution < -0.4 is 5.30 Å². The Morgan fingerprint density at radius 3 is 1.88 bits per heavy atom. The van der Waals surface area contributed by atoms with Gasteiger partial charge in [0.15, 0.2) is 0 Å². The number of hydrogen-bond donors (Lipinski definition) is 0. The molecule has 2 aromatic rings. The molecule has 0 spiro atoms. The summed E-state index contributed by atoms with van der Waals surface area (Å²) in [6, 6.07) is 16.9. The zero-order valence-electron chi connectivity index (χ0n) is 8.92. The largest absolute Gasteiger partial charge is 0.293 e. The third-order valence-electron chi connectivity index (χ3n) is 2.37. The molecule has 0 N–H and O–H groups in total. The highest BCUT2D eigenvalue weighted by Gasteiger charge is 2.31. The lowest BCUT2D eigenvalue weighted by atomic mass is 10.2. The number of halogens is 1. The van der Waals surface area contributed by atoms with E-state index in [-0.39, 0.29) is 0 Å². The molecule has 0 aliphatic carbocycles. The van der Waals surface area contributed by atoms with Crippen LogP contribution in [0, 0.1) is 0 Å². The van der Waals surface area contributed by atoms with E-state index in [1.165, 1.54) is 0 Å². The highest BCUT2D eigenvalue weighted by molar-refractivity contribution is 8.07. The Bertz CT molecular complexity index is 566. The summed E-state index contributed by atoms with van der Waals surface area (Å²) in [5.74, 6) is 0. The summed E-state index contributed by atoms with van der Waals surface area (Å²) < 4.78 is 12.3. The van der Waals surface area contributed by atoms with Crippen molar-refractivity contribution in [3.8, 4) is 0 Å². The van der Waals surface area contributed by atoms with Crippen LogP contribution in [0.4, 0.5) is 0 Å². The summed E-state index contributed by atoms with van der Waals surface area (Å²) in [6.45, 7) is -3.52. The fourth-order valence-electron chi connectivity index (χ4n) is 1.48. The van der Waals surface area contributed by atoms with Crippen molar-refractivity contribution < 1.29 is 9.36 Å². The van der Waals surface area contributed by atoms with Crippen LogP contribution in [0.3, 0.4) is 0 Å². The van der Waals surface area contributed by atoms with Crippen LogP contribution in [0.2, 0.25) is 0 Å². The van der Waals surface area contributed by atoms with E-state index in [4.69, 9.17) is 11.2 Å². The van der Waals surface area contributed by atoms with Crippen LogP contribution in [0.5, 0.6) is 0 Å². The maximum absolute atomic E-state index is 12.3. The lowest BCUT2D eigenvalue weighted by molar-refractivity contribution is 0.107. The first-order valence-electron chi connectivity index (χ1n) is 5.07. The van der Waals surface area contributed by atoms with Crippen LogP contribution in [0.25, 0.3) is 0 Å². The van der Waals surface area contributed by atoms with Gasteiger partial charge < -0.3 is 0 Å². The number of carbonyl (C=O) groups excluding carboxylic acids is 1. The molecule has 1 atom stereocenters. The summed E-state index contributed by atoms with van der Waals surface area (Å²) in [5, 5.41) is 0.371. The molecule has 0 saturated heterocycles. The van der Waals surface area contributed by atoms with E-state index in [0.29, 0.717) is 10.9 Å². The molecule has 0 aliphatic heterocycles. The van der Waals surface area contributed by atoms with Crippen molar-refractivity contribution >= 4 is 28.6 Å². The van der Waals surface area contributed by atoms with Gasteiger partial charge in [-0.25, -0.2) is 0 Å². The van der Waals surface area contributed by atoms with E-state index >= 15 is 0 Å². The van der Waals surface area contributed by atoms with Gasteiger partial charge in [-0.05, 0) is 23.4 Å². The zero-order valence-corrected chi connectivity index (χ0v) is 10.6. The molecule has 0 heterocycles. The smallest absolute Gasteiger partial charge is 0.264 e. The summed E-state index contributed by atoms with van der Waals surface area (Å²) >= 11 is 5.95. The van der Waals surface area contributed by atoms with E-state index in [0.717, 1.165) is 0 Å². The van der Waals surface area contributed by atoms with Gasteiger partial charge in [-0.2, -0.15) is 0 Å². The minimum Gasteiger partial charge on any atom is -0.293 e. The molecule has 0 radical (unpaired) electrons. The lowest BCUT2D eigenvalue weighted by Crippen LogP contribution is -2.08. The zero-order chi connectivity index (χ0) is 12.3. The monoisotopic (exact) mass is 264 g/mol. The summed E-state index contributed by atoms with van der Waals surface area (Å²) in [5.41, 5.74) is -0.152. The van der Waals surface area contributed by atoms with Crippen molar-refractivity contribution in [2.75, 3.05) is 0 Å². The Morgan fingerprint density at radius 1 is 0.882 bits per heavy atom. The molecule has 2 aromatic carbocycles. The summed E-state index contributed by atoms with van der Waals surface area (Å²) in [7, 11) is 0. The standard InChI is InChI=1S/C13H10ClO2P/c14-17(16,12-9-5-2-6-10-12)13(15)11-7-3-1-4-8-11/h1-10H. The molecule has 0 saturated carbocycles. The van der Waals surface area contributed by atoms with Crippen molar-refractivity contribution in [3.63, 3.8) is 0 Å². The molecule has 1 unspecified atom stereocenters. The Morgan fingerprint density at radius 2 is 1.35 bits per heavy atom. The van der Waals surface area contributed by atoms with E-state index in [9.17, 15) is 9.36 Å². The van der Waals surface area contributed by atoms with Crippen LogP contribution in [-0.2, 0) is 4.57 Å². The molecule has 0 amide bonds. The molecular weight excluding hydrogens is 255 g/mol. The molecular formula is C13H10ClO2P. The van der Waals surface area contributed by atoms with Crippen molar-refractivity contribution in [1.82, 2.24) is 0 Å². The molecule has 4 heteroatoms. The fraction of sp³-hybridized carbons (Fsp3) is 0. The van der Waals surface area contributed by atoms with Gasteiger partial charge in [0, 0.05) is 10.9 Å². The minimum absolute atomic E-state index is 0.370. The quantitative estimate of drug-likeness (QED) is 0.793. The second kappa shape index (κ2) is 4.87. The van der Waals surface area contributed by atoms with Crippen LogP contribution >= 0.6 is 17.7 Å². The normalized spacial score (nSPS) is 13.9. The van der Waals surface area contributed by atoms with Gasteiger partial charge in [-0.3, -0.25) is 9.36 Å². The maximum Gasteiger partial charge on any atom is 0.264 e. The van der Waals surface area contributed by atoms with Gasteiger partial charge in [0.25, 0.3) is 6.49 Å². The van der Waals surface area contributed by atoms with Gasteiger partial charge in [0.1, 0.15) is 0 Å². The number of hydrogen-bond acceptors (Lipinski definition) is 2. The third-order valence-corrected chi connectivity index (χ3v) is 5.16. The van der Waals surface area contributed by atoms with E-state index in [1.807, 2.05) is 0 Å². The van der Waals surface area contributed by atoms with Crippen molar-refractivity contribution in [2.24, 2.45) is 0 Å². The Kier molecular flexibility index (Phi) is 3.46. The van der Waals surface area contributed by atoms with E-state index < -0.39 is 12.0 Å². The van der Waals surface area contributed by atoms with Crippen molar-refractivity contribution in [3.05, 3.63) is 66.2 Å². The Labute approximate surface area is 104 Å². The highest BCUT2D eigenvalue weighted by Crippen LogP contribution is 2.52.